The smallest absolute Gasteiger partial charge is 0.145 e. The van der Waals surface area contributed by atoms with Crippen LogP contribution in [0.2, 0.25) is 0 Å². The van der Waals surface area contributed by atoms with Crippen LogP contribution in [0.15, 0.2) is 11.1 Å². The van der Waals surface area contributed by atoms with Crippen LogP contribution in [0, 0.1) is 29.1 Å². The molecule has 0 heterocycles. The average molecular weight is 234 g/mol. The van der Waals surface area contributed by atoms with Gasteiger partial charge < -0.3 is 5.11 Å². The predicted molar refractivity (Wildman–Crippen MR) is 66.4 cm³/mol. The topological polar surface area (TPSA) is 37.3 Å². The van der Waals surface area contributed by atoms with E-state index >= 15 is 0 Å². The highest BCUT2D eigenvalue weighted by atomic mass is 16.3. The van der Waals surface area contributed by atoms with Gasteiger partial charge in [-0.2, -0.15) is 0 Å². The second-order valence-electron chi connectivity index (χ2n) is 6.54. The summed E-state index contributed by atoms with van der Waals surface area (Å²) in [5.41, 5.74) is 2.67. The summed E-state index contributed by atoms with van der Waals surface area (Å²) in [6.45, 7) is 4.87. The van der Waals surface area contributed by atoms with E-state index in [1.807, 2.05) is 0 Å². The number of aliphatic hydroxyl groups excluding tert-OH is 1. The molecule has 0 aromatic rings. The molecule has 0 bridgehead atoms. The number of aliphatic hydroxyl groups is 1. The molecule has 0 aliphatic heterocycles. The van der Waals surface area contributed by atoms with Crippen LogP contribution in [0.5, 0.6) is 0 Å². The molecule has 0 radical (unpaired) electrons. The lowest BCUT2D eigenvalue weighted by atomic mass is 9.84. The fourth-order valence-corrected chi connectivity index (χ4v) is 4.72. The Hall–Kier alpha value is -0.630. The molecular formula is C15H22O2. The fourth-order valence-electron chi connectivity index (χ4n) is 4.72. The Morgan fingerprint density at radius 1 is 1.41 bits per heavy atom. The van der Waals surface area contributed by atoms with E-state index in [1.54, 1.807) is 0 Å². The molecule has 0 saturated heterocycles. The summed E-state index contributed by atoms with van der Waals surface area (Å²) in [6, 6.07) is 0. The molecule has 5 atom stereocenters. The monoisotopic (exact) mass is 234 g/mol. The van der Waals surface area contributed by atoms with E-state index in [1.165, 1.54) is 12.0 Å². The molecule has 3 rings (SSSR count). The van der Waals surface area contributed by atoms with Crippen molar-refractivity contribution in [2.45, 2.75) is 39.5 Å². The van der Waals surface area contributed by atoms with E-state index in [0.717, 1.165) is 31.1 Å². The van der Waals surface area contributed by atoms with Crippen LogP contribution >= 0.6 is 0 Å². The number of allylic oxidation sites excluding steroid dienone is 2. The van der Waals surface area contributed by atoms with Gasteiger partial charge in [-0.15, -0.1) is 0 Å². The Morgan fingerprint density at radius 2 is 2.18 bits per heavy atom. The summed E-state index contributed by atoms with van der Waals surface area (Å²) in [4.78, 5) is 11.2. The van der Waals surface area contributed by atoms with Gasteiger partial charge in [0.15, 0.2) is 0 Å². The van der Waals surface area contributed by atoms with Crippen molar-refractivity contribution < 1.29 is 9.90 Å². The second-order valence-corrected chi connectivity index (χ2v) is 6.54. The molecule has 0 amide bonds. The molecule has 0 spiro atoms. The number of rotatable bonds is 2. The molecule has 3 aliphatic carbocycles. The van der Waals surface area contributed by atoms with E-state index in [-0.39, 0.29) is 5.41 Å². The molecule has 94 valence electrons. The van der Waals surface area contributed by atoms with Gasteiger partial charge in [0.1, 0.15) is 6.29 Å². The van der Waals surface area contributed by atoms with Gasteiger partial charge in [0.05, 0.1) is 0 Å². The first-order chi connectivity index (χ1) is 8.13. The van der Waals surface area contributed by atoms with Crippen LogP contribution in [0.1, 0.15) is 39.5 Å². The maximum absolute atomic E-state index is 11.2. The third-order valence-corrected chi connectivity index (χ3v) is 5.82. The lowest BCUT2D eigenvalue weighted by Crippen LogP contribution is -2.17. The summed E-state index contributed by atoms with van der Waals surface area (Å²) in [5, 5.41) is 9.63. The maximum Gasteiger partial charge on any atom is 0.145 e. The van der Waals surface area contributed by atoms with E-state index in [0.29, 0.717) is 30.3 Å². The summed E-state index contributed by atoms with van der Waals surface area (Å²) in [7, 11) is 0. The largest absolute Gasteiger partial charge is 0.396 e. The van der Waals surface area contributed by atoms with Crippen molar-refractivity contribution in [3.63, 3.8) is 0 Å². The third kappa shape index (κ3) is 1.40. The molecule has 2 saturated carbocycles. The van der Waals surface area contributed by atoms with Crippen molar-refractivity contribution in [1.29, 1.82) is 0 Å². The lowest BCUT2D eigenvalue weighted by Gasteiger charge is -2.21. The van der Waals surface area contributed by atoms with Gasteiger partial charge in [-0.1, -0.05) is 19.4 Å². The predicted octanol–water partition coefficient (Wildman–Crippen LogP) is 2.57. The van der Waals surface area contributed by atoms with Crippen molar-refractivity contribution in [3.8, 4) is 0 Å². The Balaban J connectivity index is 1.99. The molecule has 2 fully saturated rings. The maximum atomic E-state index is 11.2. The van der Waals surface area contributed by atoms with Gasteiger partial charge in [-0.25, -0.2) is 0 Å². The highest BCUT2D eigenvalue weighted by molar-refractivity contribution is 5.75. The molecule has 0 aromatic heterocycles. The second kappa shape index (κ2) is 3.68. The van der Waals surface area contributed by atoms with Crippen LogP contribution in [0.4, 0.5) is 0 Å². The molecular weight excluding hydrogens is 212 g/mol. The quantitative estimate of drug-likeness (QED) is 0.746. The van der Waals surface area contributed by atoms with Crippen LogP contribution in [0.25, 0.3) is 0 Å². The van der Waals surface area contributed by atoms with Crippen LogP contribution in [0.3, 0.4) is 0 Å². The molecule has 2 nitrogen and oxygen atoms in total. The zero-order valence-electron chi connectivity index (χ0n) is 10.8. The summed E-state index contributed by atoms with van der Waals surface area (Å²) in [6.07, 6.45) is 5.48. The van der Waals surface area contributed by atoms with Gasteiger partial charge in [0.2, 0.25) is 0 Å². The zero-order chi connectivity index (χ0) is 12.2. The first-order valence-electron chi connectivity index (χ1n) is 6.91. The highest BCUT2D eigenvalue weighted by Gasteiger charge is 2.65. The molecule has 0 unspecified atom stereocenters. The summed E-state index contributed by atoms with van der Waals surface area (Å²) < 4.78 is 0. The third-order valence-electron chi connectivity index (χ3n) is 5.82. The molecule has 17 heavy (non-hydrogen) atoms. The minimum absolute atomic E-state index is 0.142. The fraction of sp³-hybridized carbons (Fsp3) is 0.800. The van der Waals surface area contributed by atoms with Gasteiger partial charge in [0.25, 0.3) is 0 Å². The Labute approximate surface area is 103 Å². The Kier molecular flexibility index (Phi) is 2.48. The minimum Gasteiger partial charge on any atom is -0.396 e. The molecule has 0 aromatic carbocycles. The first kappa shape index (κ1) is 11.5. The number of fused-ring (bicyclic) bond motifs is 3. The van der Waals surface area contributed by atoms with Crippen LogP contribution in [-0.2, 0) is 4.79 Å². The van der Waals surface area contributed by atoms with Crippen LogP contribution < -0.4 is 0 Å². The summed E-state index contributed by atoms with van der Waals surface area (Å²) in [5.74, 6) is 2.56. The average Bonchev–Trinajstić information content (AvgIpc) is 2.81. The van der Waals surface area contributed by atoms with Gasteiger partial charge in [-0.3, -0.25) is 4.79 Å². The molecule has 2 heteroatoms. The van der Waals surface area contributed by atoms with Gasteiger partial charge in [0, 0.05) is 6.61 Å². The number of aldehydes is 1. The van der Waals surface area contributed by atoms with Crippen molar-refractivity contribution in [2.75, 3.05) is 6.61 Å². The van der Waals surface area contributed by atoms with E-state index in [9.17, 15) is 9.90 Å². The number of carbonyl (C=O) groups is 1. The Morgan fingerprint density at radius 3 is 2.82 bits per heavy atom. The first-order valence-corrected chi connectivity index (χ1v) is 6.91. The van der Waals surface area contributed by atoms with Crippen molar-refractivity contribution >= 4 is 6.29 Å². The normalized spacial score (nSPS) is 48.4. The number of hydrogen-bond donors (Lipinski definition) is 1. The summed E-state index contributed by atoms with van der Waals surface area (Å²) >= 11 is 0. The standard InChI is InChI=1S/C15H22O2/c1-9-3-5-11-10(7-16)4-6-12-14(13(9)11)15(12,2)8-17/h7,9,12-14,17H,3-6,8H2,1-2H3/t9-,12-,13-,14-,15+/m1/s1. The Bertz CT molecular complexity index is 384. The van der Waals surface area contributed by atoms with E-state index < -0.39 is 0 Å². The molecule has 1 N–H and O–H groups in total. The van der Waals surface area contributed by atoms with E-state index in [2.05, 4.69) is 13.8 Å². The number of hydrogen-bond acceptors (Lipinski definition) is 2. The lowest BCUT2D eigenvalue weighted by molar-refractivity contribution is -0.105. The van der Waals surface area contributed by atoms with Gasteiger partial charge in [-0.05, 0) is 60.3 Å². The minimum atomic E-state index is 0.142. The number of carbonyl (C=O) groups excluding carboxylic acids is 1. The van der Waals surface area contributed by atoms with Crippen molar-refractivity contribution in [2.24, 2.45) is 29.1 Å². The van der Waals surface area contributed by atoms with Crippen molar-refractivity contribution in [1.82, 2.24) is 0 Å². The SMILES string of the molecule is C[C@@H]1CCC2=C(C=O)CC[C@@H]3[C@H]([C@@H]21)[C@@]3(C)CO. The van der Waals surface area contributed by atoms with Crippen LogP contribution in [-0.4, -0.2) is 18.0 Å². The van der Waals surface area contributed by atoms with Crippen molar-refractivity contribution in [3.05, 3.63) is 11.1 Å². The zero-order valence-corrected chi connectivity index (χ0v) is 10.8. The van der Waals surface area contributed by atoms with E-state index in [4.69, 9.17) is 0 Å². The molecule has 3 aliphatic rings. The highest BCUT2D eigenvalue weighted by Crippen LogP contribution is 2.69. The van der Waals surface area contributed by atoms with Gasteiger partial charge >= 0.3 is 0 Å².